The van der Waals surface area contributed by atoms with E-state index in [2.05, 4.69) is 25.2 Å². The van der Waals surface area contributed by atoms with Gasteiger partial charge in [-0.05, 0) is 38.6 Å². The molecule has 80 valence electrons. The molecular formula is C12H21NO. The molecule has 14 heavy (non-hydrogen) atoms. The normalized spacial score (nSPS) is 42.9. The molecule has 0 spiro atoms. The lowest BCUT2D eigenvalue weighted by Gasteiger charge is -2.31. The summed E-state index contributed by atoms with van der Waals surface area (Å²) in [6, 6.07) is 0. The molecule has 3 unspecified atom stereocenters. The van der Waals surface area contributed by atoms with Crippen molar-refractivity contribution in [3.05, 3.63) is 11.6 Å². The average Bonchev–Trinajstić information content (AvgIpc) is 2.62. The molecule has 3 atom stereocenters. The fourth-order valence-corrected chi connectivity index (χ4v) is 3.54. The molecule has 0 aromatic heterocycles. The molecule has 0 amide bonds. The minimum atomic E-state index is -0.0661. The number of allylic oxidation sites excluding steroid dienone is 1. The Kier molecular flexibility index (Phi) is 2.67. The summed E-state index contributed by atoms with van der Waals surface area (Å²) in [7, 11) is 0. The van der Waals surface area contributed by atoms with Crippen molar-refractivity contribution in [1.29, 1.82) is 0 Å². The molecule has 1 heterocycles. The first-order valence-corrected chi connectivity index (χ1v) is 5.77. The Morgan fingerprint density at radius 3 is 3.07 bits per heavy atom. The van der Waals surface area contributed by atoms with Crippen LogP contribution in [-0.2, 0) is 0 Å². The van der Waals surface area contributed by atoms with Crippen LogP contribution in [0.1, 0.15) is 33.1 Å². The standard InChI is InChI=1S/C12H21NO/c1-3-9(4-2)12-6-11(14)5-10(12)7-13-8-12/h3,10-11,13-14H,4-8H2,1-2H3. The molecule has 1 saturated heterocycles. The Morgan fingerprint density at radius 1 is 1.64 bits per heavy atom. The molecule has 2 nitrogen and oxygen atoms in total. The topological polar surface area (TPSA) is 32.3 Å². The third-order valence-corrected chi connectivity index (χ3v) is 4.14. The van der Waals surface area contributed by atoms with Gasteiger partial charge in [-0.25, -0.2) is 0 Å². The van der Waals surface area contributed by atoms with E-state index in [0.717, 1.165) is 32.4 Å². The maximum Gasteiger partial charge on any atom is 0.0552 e. The summed E-state index contributed by atoms with van der Waals surface area (Å²) in [6.45, 7) is 6.52. The number of hydrogen-bond acceptors (Lipinski definition) is 2. The molecule has 1 aliphatic heterocycles. The van der Waals surface area contributed by atoms with Gasteiger partial charge in [0.15, 0.2) is 0 Å². The number of rotatable bonds is 2. The fourth-order valence-electron chi connectivity index (χ4n) is 3.54. The van der Waals surface area contributed by atoms with Crippen LogP contribution in [0.3, 0.4) is 0 Å². The van der Waals surface area contributed by atoms with Crippen LogP contribution in [0.4, 0.5) is 0 Å². The van der Waals surface area contributed by atoms with Gasteiger partial charge in [0.25, 0.3) is 0 Å². The minimum Gasteiger partial charge on any atom is -0.393 e. The minimum absolute atomic E-state index is 0.0661. The van der Waals surface area contributed by atoms with Gasteiger partial charge in [-0.2, -0.15) is 0 Å². The van der Waals surface area contributed by atoms with Gasteiger partial charge >= 0.3 is 0 Å². The number of hydrogen-bond donors (Lipinski definition) is 2. The van der Waals surface area contributed by atoms with Crippen LogP contribution in [0, 0.1) is 11.3 Å². The van der Waals surface area contributed by atoms with Crippen molar-refractivity contribution in [1.82, 2.24) is 5.32 Å². The summed E-state index contributed by atoms with van der Waals surface area (Å²) in [5.41, 5.74) is 1.84. The van der Waals surface area contributed by atoms with Gasteiger partial charge in [-0.15, -0.1) is 0 Å². The van der Waals surface area contributed by atoms with Crippen LogP contribution in [0.2, 0.25) is 0 Å². The maximum atomic E-state index is 9.79. The first-order valence-electron chi connectivity index (χ1n) is 5.77. The number of aliphatic hydroxyl groups excluding tert-OH is 1. The Morgan fingerprint density at radius 2 is 2.43 bits per heavy atom. The van der Waals surface area contributed by atoms with E-state index in [4.69, 9.17) is 0 Å². The zero-order chi connectivity index (χ0) is 10.2. The first-order chi connectivity index (χ1) is 6.73. The van der Waals surface area contributed by atoms with Gasteiger partial charge in [-0.3, -0.25) is 0 Å². The highest BCUT2D eigenvalue weighted by Gasteiger charge is 2.50. The summed E-state index contributed by atoms with van der Waals surface area (Å²) >= 11 is 0. The SMILES string of the molecule is CC=C(CC)C12CNCC1CC(O)C2. The van der Waals surface area contributed by atoms with Crippen LogP contribution in [0.25, 0.3) is 0 Å². The van der Waals surface area contributed by atoms with Crippen molar-refractivity contribution in [2.24, 2.45) is 11.3 Å². The Hall–Kier alpha value is -0.340. The molecule has 0 radical (unpaired) electrons. The Labute approximate surface area is 86.4 Å². The monoisotopic (exact) mass is 195 g/mol. The second kappa shape index (κ2) is 3.67. The van der Waals surface area contributed by atoms with Crippen molar-refractivity contribution >= 4 is 0 Å². The van der Waals surface area contributed by atoms with Crippen molar-refractivity contribution in [2.45, 2.75) is 39.2 Å². The van der Waals surface area contributed by atoms with Crippen LogP contribution >= 0.6 is 0 Å². The lowest BCUT2D eigenvalue weighted by atomic mass is 9.73. The van der Waals surface area contributed by atoms with Gasteiger partial charge in [0, 0.05) is 12.0 Å². The molecular weight excluding hydrogens is 174 g/mol. The third-order valence-electron chi connectivity index (χ3n) is 4.14. The molecule has 2 heteroatoms. The number of aliphatic hydroxyl groups is 1. The van der Waals surface area contributed by atoms with Gasteiger partial charge in [0.2, 0.25) is 0 Å². The second-order valence-electron chi connectivity index (χ2n) is 4.75. The van der Waals surface area contributed by atoms with E-state index in [9.17, 15) is 5.11 Å². The summed E-state index contributed by atoms with van der Waals surface area (Å²) in [5.74, 6) is 0.670. The Balaban J connectivity index is 2.28. The first kappa shape index (κ1) is 10.2. The number of fused-ring (bicyclic) bond motifs is 1. The van der Waals surface area contributed by atoms with Gasteiger partial charge in [-0.1, -0.05) is 18.6 Å². The average molecular weight is 195 g/mol. The van der Waals surface area contributed by atoms with E-state index in [1.165, 1.54) is 0 Å². The van der Waals surface area contributed by atoms with Crippen molar-refractivity contribution in [3.8, 4) is 0 Å². The largest absolute Gasteiger partial charge is 0.393 e. The fraction of sp³-hybridized carbons (Fsp3) is 0.833. The van der Waals surface area contributed by atoms with E-state index in [1.807, 2.05) is 0 Å². The zero-order valence-electron chi connectivity index (χ0n) is 9.21. The summed E-state index contributed by atoms with van der Waals surface area (Å²) in [6.07, 6.45) is 5.28. The van der Waals surface area contributed by atoms with Gasteiger partial charge < -0.3 is 10.4 Å². The predicted octanol–water partition coefficient (Wildman–Crippen LogP) is 1.70. The molecule has 2 fully saturated rings. The molecule has 1 aliphatic carbocycles. The van der Waals surface area contributed by atoms with E-state index in [1.54, 1.807) is 5.57 Å². The predicted molar refractivity (Wildman–Crippen MR) is 58.1 cm³/mol. The highest BCUT2D eigenvalue weighted by Crippen LogP contribution is 2.51. The number of nitrogens with one attached hydrogen (secondary N) is 1. The summed E-state index contributed by atoms with van der Waals surface area (Å²) < 4.78 is 0. The van der Waals surface area contributed by atoms with E-state index >= 15 is 0 Å². The molecule has 2 N–H and O–H groups in total. The summed E-state index contributed by atoms with van der Waals surface area (Å²) in [5, 5.41) is 13.3. The third kappa shape index (κ3) is 1.32. The van der Waals surface area contributed by atoms with Crippen LogP contribution < -0.4 is 5.32 Å². The van der Waals surface area contributed by atoms with Gasteiger partial charge in [0.05, 0.1) is 6.10 Å². The molecule has 0 aromatic carbocycles. The Bertz CT molecular complexity index is 249. The lowest BCUT2D eigenvalue weighted by molar-refractivity contribution is 0.166. The van der Waals surface area contributed by atoms with Crippen LogP contribution in [-0.4, -0.2) is 24.3 Å². The van der Waals surface area contributed by atoms with Crippen LogP contribution in [0.5, 0.6) is 0 Å². The molecule has 2 aliphatic rings. The van der Waals surface area contributed by atoms with Crippen molar-refractivity contribution < 1.29 is 5.11 Å². The van der Waals surface area contributed by atoms with E-state index in [0.29, 0.717) is 11.3 Å². The maximum absolute atomic E-state index is 9.79. The van der Waals surface area contributed by atoms with E-state index in [-0.39, 0.29) is 6.10 Å². The molecule has 1 saturated carbocycles. The van der Waals surface area contributed by atoms with E-state index < -0.39 is 0 Å². The quantitative estimate of drug-likeness (QED) is 0.657. The highest BCUT2D eigenvalue weighted by molar-refractivity contribution is 5.22. The highest BCUT2D eigenvalue weighted by atomic mass is 16.3. The smallest absolute Gasteiger partial charge is 0.0552 e. The molecule has 0 bridgehead atoms. The molecule has 0 aromatic rings. The van der Waals surface area contributed by atoms with Crippen molar-refractivity contribution in [2.75, 3.05) is 13.1 Å². The lowest BCUT2D eigenvalue weighted by Crippen LogP contribution is -2.28. The van der Waals surface area contributed by atoms with Gasteiger partial charge in [0.1, 0.15) is 0 Å². The van der Waals surface area contributed by atoms with Crippen molar-refractivity contribution in [3.63, 3.8) is 0 Å². The van der Waals surface area contributed by atoms with Crippen LogP contribution in [0.15, 0.2) is 11.6 Å². The summed E-state index contributed by atoms with van der Waals surface area (Å²) in [4.78, 5) is 0. The zero-order valence-corrected chi connectivity index (χ0v) is 9.21. The molecule has 2 rings (SSSR count). The second-order valence-corrected chi connectivity index (χ2v) is 4.75.